The van der Waals surface area contributed by atoms with E-state index in [9.17, 15) is 10.1 Å². The van der Waals surface area contributed by atoms with E-state index in [2.05, 4.69) is 5.32 Å². The highest BCUT2D eigenvalue weighted by Crippen LogP contribution is 2.22. The van der Waals surface area contributed by atoms with Gasteiger partial charge in [0, 0.05) is 23.5 Å². The molecule has 0 aromatic heterocycles. The molecule has 84 valence electrons. The molecule has 1 rings (SSSR count). The summed E-state index contributed by atoms with van der Waals surface area (Å²) in [5.74, 6) is 0. The van der Waals surface area contributed by atoms with E-state index in [4.69, 9.17) is 10.5 Å². The van der Waals surface area contributed by atoms with Gasteiger partial charge in [-0.05, 0) is 13.0 Å². The summed E-state index contributed by atoms with van der Waals surface area (Å²) in [7, 11) is 0. The van der Waals surface area contributed by atoms with Gasteiger partial charge in [-0.15, -0.1) is 0 Å². The van der Waals surface area contributed by atoms with E-state index in [1.54, 1.807) is 31.2 Å². The number of aryl methyl sites for hydroxylation is 1. The Morgan fingerprint density at radius 3 is 2.65 bits per heavy atom. The largest absolute Gasteiger partial charge is 0.360 e. The molecule has 0 fully saturated rings. The number of benzene rings is 1. The van der Waals surface area contributed by atoms with Crippen molar-refractivity contribution in [3.63, 3.8) is 0 Å². The van der Waals surface area contributed by atoms with Crippen molar-refractivity contribution in [3.05, 3.63) is 45.6 Å². The summed E-state index contributed by atoms with van der Waals surface area (Å²) in [6.07, 6.45) is 1.20. The minimum Gasteiger partial charge on any atom is -0.360 e. The topological polar surface area (TPSA) is 103 Å². The molecular formula is C11H8N4O2. The maximum atomic E-state index is 10.7. The number of allylic oxidation sites excluding steroid dienone is 1. The van der Waals surface area contributed by atoms with Gasteiger partial charge in [-0.1, -0.05) is 6.07 Å². The minimum atomic E-state index is -0.486. The zero-order valence-corrected chi connectivity index (χ0v) is 8.97. The molecule has 0 aliphatic carbocycles. The molecule has 0 saturated heterocycles. The summed E-state index contributed by atoms with van der Waals surface area (Å²) in [5, 5.41) is 30.3. The van der Waals surface area contributed by atoms with Crippen molar-refractivity contribution < 1.29 is 4.92 Å². The fourth-order valence-corrected chi connectivity index (χ4v) is 1.14. The average molecular weight is 228 g/mol. The Bertz CT molecular complexity index is 548. The van der Waals surface area contributed by atoms with Crippen LogP contribution in [0.5, 0.6) is 0 Å². The first-order valence-corrected chi connectivity index (χ1v) is 4.60. The molecule has 1 aromatic rings. The second-order valence-corrected chi connectivity index (χ2v) is 3.18. The molecule has 17 heavy (non-hydrogen) atoms. The smallest absolute Gasteiger partial charge is 0.274 e. The first-order chi connectivity index (χ1) is 8.08. The predicted octanol–water partition coefficient (Wildman–Crippen LogP) is 2.25. The van der Waals surface area contributed by atoms with Gasteiger partial charge in [0.25, 0.3) is 5.69 Å². The standard InChI is InChI=1S/C11H8N4O2/c1-8-2-3-10(4-11(8)15(16)17)14-7-9(5-12)6-13/h2-4,7,14H,1H3. The van der Waals surface area contributed by atoms with E-state index < -0.39 is 4.92 Å². The Morgan fingerprint density at radius 2 is 2.12 bits per heavy atom. The number of nitro groups is 1. The molecule has 0 heterocycles. The molecule has 0 bridgehead atoms. The summed E-state index contributed by atoms with van der Waals surface area (Å²) in [4.78, 5) is 10.2. The number of nitriles is 2. The Labute approximate surface area is 97.6 Å². The monoisotopic (exact) mass is 228 g/mol. The van der Waals surface area contributed by atoms with Crippen molar-refractivity contribution in [1.82, 2.24) is 0 Å². The van der Waals surface area contributed by atoms with Crippen LogP contribution in [0.4, 0.5) is 11.4 Å². The molecule has 0 amide bonds. The Kier molecular flexibility index (Phi) is 3.80. The summed E-state index contributed by atoms with van der Waals surface area (Å²) in [6, 6.07) is 7.91. The molecular weight excluding hydrogens is 220 g/mol. The Morgan fingerprint density at radius 1 is 1.47 bits per heavy atom. The average Bonchev–Trinajstić information content (AvgIpc) is 2.32. The summed E-state index contributed by atoms with van der Waals surface area (Å²) < 4.78 is 0. The molecule has 0 radical (unpaired) electrons. The molecule has 0 aliphatic rings. The van der Waals surface area contributed by atoms with Gasteiger partial charge in [-0.2, -0.15) is 10.5 Å². The van der Waals surface area contributed by atoms with Crippen LogP contribution in [0.1, 0.15) is 5.56 Å². The normalized spacial score (nSPS) is 8.65. The zero-order chi connectivity index (χ0) is 12.8. The molecule has 0 aliphatic heterocycles. The molecule has 0 atom stereocenters. The van der Waals surface area contributed by atoms with Crippen molar-refractivity contribution in [2.75, 3.05) is 5.32 Å². The molecule has 1 N–H and O–H groups in total. The number of hydrogen-bond acceptors (Lipinski definition) is 5. The summed E-state index contributed by atoms with van der Waals surface area (Å²) in [5.41, 5.74) is 0.878. The number of anilines is 1. The van der Waals surface area contributed by atoms with Gasteiger partial charge in [0.2, 0.25) is 0 Å². The second kappa shape index (κ2) is 5.29. The van der Waals surface area contributed by atoms with Gasteiger partial charge in [0.15, 0.2) is 0 Å². The number of hydrogen-bond donors (Lipinski definition) is 1. The third kappa shape index (κ3) is 3.05. The molecule has 6 nitrogen and oxygen atoms in total. The van der Waals surface area contributed by atoms with E-state index >= 15 is 0 Å². The van der Waals surface area contributed by atoms with Gasteiger partial charge >= 0.3 is 0 Å². The maximum absolute atomic E-state index is 10.7. The van der Waals surface area contributed by atoms with E-state index in [0.717, 1.165) is 0 Å². The maximum Gasteiger partial charge on any atom is 0.274 e. The number of nitrogens with zero attached hydrogens (tertiary/aromatic N) is 3. The van der Waals surface area contributed by atoms with Crippen LogP contribution in [-0.4, -0.2) is 4.92 Å². The van der Waals surface area contributed by atoms with Crippen LogP contribution in [-0.2, 0) is 0 Å². The van der Waals surface area contributed by atoms with Gasteiger partial charge in [-0.3, -0.25) is 10.1 Å². The Balaban J connectivity index is 3.00. The molecule has 6 heteroatoms. The first kappa shape index (κ1) is 12.2. The van der Waals surface area contributed by atoms with E-state index in [1.807, 2.05) is 0 Å². The lowest BCUT2D eigenvalue weighted by atomic mass is 10.2. The Hall–Kier alpha value is -2.86. The second-order valence-electron chi connectivity index (χ2n) is 3.18. The van der Waals surface area contributed by atoms with E-state index in [0.29, 0.717) is 11.3 Å². The number of nitrogens with one attached hydrogen (secondary N) is 1. The minimum absolute atomic E-state index is 0.0149. The van der Waals surface area contributed by atoms with Crippen LogP contribution in [0.2, 0.25) is 0 Å². The van der Waals surface area contributed by atoms with Gasteiger partial charge < -0.3 is 5.32 Å². The third-order valence-corrected chi connectivity index (χ3v) is 2.03. The molecule has 0 spiro atoms. The van der Waals surface area contributed by atoms with Gasteiger partial charge in [0.05, 0.1) is 4.92 Å². The van der Waals surface area contributed by atoms with Crippen LogP contribution in [0.3, 0.4) is 0 Å². The lowest BCUT2D eigenvalue weighted by Crippen LogP contribution is -1.95. The third-order valence-electron chi connectivity index (χ3n) is 2.03. The van der Waals surface area contributed by atoms with E-state index in [1.165, 1.54) is 12.3 Å². The summed E-state index contributed by atoms with van der Waals surface area (Å²) in [6.45, 7) is 1.63. The van der Waals surface area contributed by atoms with Crippen LogP contribution in [0.25, 0.3) is 0 Å². The number of rotatable bonds is 3. The summed E-state index contributed by atoms with van der Waals surface area (Å²) >= 11 is 0. The highest BCUT2D eigenvalue weighted by atomic mass is 16.6. The molecule has 0 saturated carbocycles. The highest BCUT2D eigenvalue weighted by Gasteiger charge is 2.10. The van der Waals surface area contributed by atoms with Crippen LogP contribution in [0, 0.1) is 39.7 Å². The van der Waals surface area contributed by atoms with Crippen molar-refractivity contribution in [3.8, 4) is 12.1 Å². The van der Waals surface area contributed by atoms with Crippen LogP contribution >= 0.6 is 0 Å². The lowest BCUT2D eigenvalue weighted by Gasteiger charge is -2.02. The van der Waals surface area contributed by atoms with Crippen LogP contribution < -0.4 is 5.32 Å². The van der Waals surface area contributed by atoms with Crippen molar-refractivity contribution in [2.24, 2.45) is 0 Å². The predicted molar refractivity (Wildman–Crippen MR) is 60.8 cm³/mol. The van der Waals surface area contributed by atoms with E-state index in [-0.39, 0.29) is 11.3 Å². The van der Waals surface area contributed by atoms with Crippen molar-refractivity contribution in [1.29, 1.82) is 10.5 Å². The SMILES string of the molecule is Cc1ccc(NC=C(C#N)C#N)cc1[N+](=O)[O-]. The fourth-order valence-electron chi connectivity index (χ4n) is 1.14. The van der Waals surface area contributed by atoms with Gasteiger partial charge in [0.1, 0.15) is 17.7 Å². The molecule has 1 aromatic carbocycles. The quantitative estimate of drug-likeness (QED) is 0.485. The fraction of sp³-hybridized carbons (Fsp3) is 0.0909. The van der Waals surface area contributed by atoms with Gasteiger partial charge in [-0.25, -0.2) is 0 Å². The lowest BCUT2D eigenvalue weighted by molar-refractivity contribution is -0.385. The van der Waals surface area contributed by atoms with Crippen molar-refractivity contribution >= 4 is 11.4 Å². The first-order valence-electron chi connectivity index (χ1n) is 4.60. The van der Waals surface area contributed by atoms with Crippen molar-refractivity contribution in [2.45, 2.75) is 6.92 Å². The highest BCUT2D eigenvalue weighted by molar-refractivity contribution is 5.57. The zero-order valence-electron chi connectivity index (χ0n) is 8.97. The van der Waals surface area contributed by atoms with Crippen LogP contribution in [0.15, 0.2) is 30.0 Å². The molecule has 0 unspecified atom stereocenters. The number of nitro benzene ring substituents is 1.